The summed E-state index contributed by atoms with van der Waals surface area (Å²) >= 11 is 0. The fourth-order valence-electron chi connectivity index (χ4n) is 4.94. The Morgan fingerprint density at radius 2 is 1.67 bits per heavy atom. The summed E-state index contributed by atoms with van der Waals surface area (Å²) in [5.74, 6) is -0.577. The maximum absolute atomic E-state index is 15.7. The SMILES string of the molecule is CC(C)c1nc2c(c(-c3ccc(F)cc3)c1CC(F)c1ccc(C(F)(F)F)cc1)C(O)C(N)C(C)C2. The van der Waals surface area contributed by atoms with Gasteiger partial charge in [-0.1, -0.05) is 45.0 Å². The summed E-state index contributed by atoms with van der Waals surface area (Å²) in [4.78, 5) is 4.84. The molecule has 192 valence electrons. The summed E-state index contributed by atoms with van der Waals surface area (Å²) in [6, 6.07) is 9.16. The number of aliphatic hydroxyl groups excluding tert-OH is 1. The standard InChI is InChI=1S/C28H29F5N2O/c1-14(2)26-20(13-21(30)16-4-8-18(9-5-16)28(31,32)33)23(17-6-10-19(29)11-7-17)24-22(35-26)12-15(3)25(34)27(24)36/h4-11,14-15,21,25,27,36H,12-13,34H2,1-3H3. The van der Waals surface area contributed by atoms with E-state index < -0.39 is 35.9 Å². The van der Waals surface area contributed by atoms with E-state index in [0.29, 0.717) is 40.1 Å². The fraction of sp³-hybridized carbons (Fsp3) is 0.393. The molecule has 2 aromatic carbocycles. The van der Waals surface area contributed by atoms with Gasteiger partial charge in [-0.25, -0.2) is 8.78 Å². The number of hydrogen-bond acceptors (Lipinski definition) is 3. The Kier molecular flexibility index (Phi) is 7.21. The molecular weight excluding hydrogens is 475 g/mol. The van der Waals surface area contributed by atoms with Gasteiger partial charge in [-0.3, -0.25) is 4.98 Å². The number of halogens is 5. The van der Waals surface area contributed by atoms with Crippen molar-refractivity contribution < 1.29 is 27.1 Å². The Labute approximate surface area is 207 Å². The number of alkyl halides is 4. The number of nitrogens with zero attached hydrogens (tertiary/aromatic N) is 1. The minimum absolute atomic E-state index is 0.0343. The van der Waals surface area contributed by atoms with Crippen LogP contribution < -0.4 is 5.73 Å². The van der Waals surface area contributed by atoms with Crippen molar-refractivity contribution in [1.29, 1.82) is 0 Å². The van der Waals surface area contributed by atoms with Gasteiger partial charge in [-0.15, -0.1) is 0 Å². The van der Waals surface area contributed by atoms with Crippen molar-refractivity contribution in [2.24, 2.45) is 11.7 Å². The number of nitrogens with two attached hydrogens (primary N) is 1. The number of hydrogen-bond donors (Lipinski definition) is 2. The second kappa shape index (κ2) is 9.90. The zero-order valence-corrected chi connectivity index (χ0v) is 20.3. The van der Waals surface area contributed by atoms with Crippen LogP contribution in [-0.4, -0.2) is 16.1 Å². The van der Waals surface area contributed by atoms with E-state index in [2.05, 4.69) is 0 Å². The molecule has 0 amide bonds. The second-order valence-electron chi connectivity index (χ2n) is 9.87. The fourth-order valence-corrected chi connectivity index (χ4v) is 4.94. The van der Waals surface area contributed by atoms with Crippen molar-refractivity contribution in [1.82, 2.24) is 4.98 Å². The Hall–Kier alpha value is -2.84. The Morgan fingerprint density at radius 3 is 2.22 bits per heavy atom. The van der Waals surface area contributed by atoms with Crippen molar-refractivity contribution in [2.45, 2.75) is 64.0 Å². The van der Waals surface area contributed by atoms with Gasteiger partial charge in [0.1, 0.15) is 12.0 Å². The molecule has 0 saturated carbocycles. The molecule has 0 fully saturated rings. The average Bonchev–Trinajstić information content (AvgIpc) is 2.82. The van der Waals surface area contributed by atoms with Crippen molar-refractivity contribution in [3.63, 3.8) is 0 Å². The molecule has 4 rings (SSSR count). The highest BCUT2D eigenvalue weighted by molar-refractivity contribution is 5.74. The van der Waals surface area contributed by atoms with Crippen molar-refractivity contribution in [3.8, 4) is 11.1 Å². The molecule has 3 nitrogen and oxygen atoms in total. The van der Waals surface area contributed by atoms with Gasteiger partial charge in [0.25, 0.3) is 0 Å². The van der Waals surface area contributed by atoms with Crippen LogP contribution in [0, 0.1) is 11.7 Å². The van der Waals surface area contributed by atoms with Crippen LogP contribution in [0.3, 0.4) is 0 Å². The molecule has 36 heavy (non-hydrogen) atoms. The molecule has 1 aromatic heterocycles. The summed E-state index contributed by atoms with van der Waals surface area (Å²) in [5.41, 5.74) is 9.05. The maximum atomic E-state index is 15.7. The van der Waals surface area contributed by atoms with Gasteiger partial charge in [0.2, 0.25) is 0 Å². The van der Waals surface area contributed by atoms with Crippen LogP contribution in [0.2, 0.25) is 0 Å². The van der Waals surface area contributed by atoms with Gasteiger partial charge >= 0.3 is 6.18 Å². The topological polar surface area (TPSA) is 59.1 Å². The van der Waals surface area contributed by atoms with E-state index in [9.17, 15) is 22.7 Å². The van der Waals surface area contributed by atoms with Crippen molar-refractivity contribution in [2.75, 3.05) is 0 Å². The maximum Gasteiger partial charge on any atom is 0.416 e. The van der Waals surface area contributed by atoms with Crippen LogP contribution >= 0.6 is 0 Å². The predicted molar refractivity (Wildman–Crippen MR) is 129 cm³/mol. The largest absolute Gasteiger partial charge is 0.416 e. The Morgan fingerprint density at radius 1 is 1.06 bits per heavy atom. The van der Waals surface area contributed by atoms with E-state index in [1.165, 1.54) is 12.1 Å². The highest BCUT2D eigenvalue weighted by Gasteiger charge is 2.37. The lowest BCUT2D eigenvalue weighted by Crippen LogP contribution is -2.41. The van der Waals surface area contributed by atoms with Crippen molar-refractivity contribution >= 4 is 0 Å². The molecule has 0 saturated heterocycles. The number of rotatable bonds is 5. The molecule has 0 aliphatic heterocycles. The van der Waals surface area contributed by atoms with Crippen LogP contribution in [0.5, 0.6) is 0 Å². The van der Waals surface area contributed by atoms with E-state index in [0.717, 1.165) is 24.3 Å². The lowest BCUT2D eigenvalue weighted by atomic mass is 9.76. The van der Waals surface area contributed by atoms with E-state index in [-0.39, 0.29) is 23.8 Å². The summed E-state index contributed by atoms with van der Waals surface area (Å²) in [6.07, 6.45) is -6.85. The third-order valence-corrected chi connectivity index (χ3v) is 6.94. The van der Waals surface area contributed by atoms with Crippen LogP contribution in [0.4, 0.5) is 22.0 Å². The zero-order chi connectivity index (χ0) is 26.4. The first-order valence-corrected chi connectivity index (χ1v) is 11.9. The molecule has 1 aliphatic rings. The normalized spacial score (nSPS) is 20.9. The summed E-state index contributed by atoms with van der Waals surface area (Å²) in [5, 5.41) is 11.2. The average molecular weight is 505 g/mol. The molecule has 3 N–H and O–H groups in total. The Bertz CT molecular complexity index is 1220. The third kappa shape index (κ3) is 5.02. The van der Waals surface area contributed by atoms with Gasteiger partial charge in [0.05, 0.1) is 11.7 Å². The first-order valence-electron chi connectivity index (χ1n) is 11.9. The highest BCUT2D eigenvalue weighted by Crippen LogP contribution is 2.44. The summed E-state index contributed by atoms with van der Waals surface area (Å²) < 4.78 is 68.3. The van der Waals surface area contributed by atoms with Crippen molar-refractivity contribution in [3.05, 3.63) is 88.0 Å². The summed E-state index contributed by atoms with van der Waals surface area (Å²) in [6.45, 7) is 5.78. The van der Waals surface area contributed by atoms with E-state index in [1.54, 1.807) is 12.1 Å². The number of aromatic nitrogens is 1. The van der Waals surface area contributed by atoms with E-state index in [1.807, 2.05) is 20.8 Å². The second-order valence-corrected chi connectivity index (χ2v) is 9.87. The minimum Gasteiger partial charge on any atom is -0.387 e. The molecule has 0 spiro atoms. The third-order valence-electron chi connectivity index (χ3n) is 6.94. The molecule has 1 heterocycles. The van der Waals surface area contributed by atoms with Crippen LogP contribution in [0.1, 0.15) is 72.6 Å². The Balaban J connectivity index is 1.88. The number of fused-ring (bicyclic) bond motifs is 1. The van der Waals surface area contributed by atoms with Crippen LogP contribution in [0.15, 0.2) is 48.5 Å². The van der Waals surface area contributed by atoms with Crippen LogP contribution in [-0.2, 0) is 19.0 Å². The summed E-state index contributed by atoms with van der Waals surface area (Å²) in [7, 11) is 0. The van der Waals surface area contributed by atoms with Gasteiger partial charge in [-0.05, 0) is 64.8 Å². The lowest BCUT2D eigenvalue weighted by Gasteiger charge is -2.35. The first-order chi connectivity index (χ1) is 16.9. The monoisotopic (exact) mass is 504 g/mol. The molecule has 4 atom stereocenters. The van der Waals surface area contributed by atoms with Gasteiger partial charge in [-0.2, -0.15) is 13.2 Å². The van der Waals surface area contributed by atoms with E-state index >= 15 is 4.39 Å². The zero-order valence-electron chi connectivity index (χ0n) is 20.3. The highest BCUT2D eigenvalue weighted by atomic mass is 19.4. The molecular formula is C28H29F5N2O. The molecule has 0 bridgehead atoms. The molecule has 1 aliphatic carbocycles. The predicted octanol–water partition coefficient (Wildman–Crippen LogP) is 6.84. The number of benzene rings is 2. The smallest absolute Gasteiger partial charge is 0.387 e. The molecule has 3 aromatic rings. The number of aliphatic hydroxyl groups is 1. The lowest BCUT2D eigenvalue weighted by molar-refractivity contribution is -0.137. The van der Waals surface area contributed by atoms with Gasteiger partial charge < -0.3 is 10.8 Å². The molecule has 0 radical (unpaired) electrons. The number of pyridine rings is 1. The van der Waals surface area contributed by atoms with Gasteiger partial charge in [0.15, 0.2) is 0 Å². The molecule has 4 unspecified atom stereocenters. The van der Waals surface area contributed by atoms with Crippen LogP contribution in [0.25, 0.3) is 11.1 Å². The van der Waals surface area contributed by atoms with Gasteiger partial charge in [0, 0.05) is 29.4 Å². The first kappa shape index (κ1) is 26.2. The van der Waals surface area contributed by atoms with E-state index in [4.69, 9.17) is 10.7 Å². The quantitative estimate of drug-likeness (QED) is 0.374. The molecule has 8 heteroatoms. The minimum atomic E-state index is -4.51.